The van der Waals surface area contributed by atoms with E-state index in [2.05, 4.69) is 42.0 Å². The van der Waals surface area contributed by atoms with Gasteiger partial charge in [-0.25, -0.2) is 0 Å². The van der Waals surface area contributed by atoms with Crippen LogP contribution in [-0.4, -0.2) is 16.3 Å². The molecule has 0 radical (unpaired) electrons. The summed E-state index contributed by atoms with van der Waals surface area (Å²) < 4.78 is 1.97. The number of aromatic nitrogens is 2. The van der Waals surface area contributed by atoms with Crippen molar-refractivity contribution in [1.29, 1.82) is 0 Å². The quantitative estimate of drug-likeness (QED) is 0.839. The van der Waals surface area contributed by atoms with Crippen molar-refractivity contribution in [3.05, 3.63) is 41.7 Å². The molecular formula is C15H22N4. The Morgan fingerprint density at radius 2 is 1.89 bits per heavy atom. The minimum atomic E-state index is 0.800. The van der Waals surface area contributed by atoms with Gasteiger partial charge in [-0.2, -0.15) is 5.10 Å². The summed E-state index contributed by atoms with van der Waals surface area (Å²) in [7, 11) is 2.01. The van der Waals surface area contributed by atoms with Gasteiger partial charge in [0.05, 0.1) is 17.9 Å². The number of hydrogen-bond donors (Lipinski definition) is 1. The minimum Gasteiger partial charge on any atom is -0.399 e. The van der Waals surface area contributed by atoms with Gasteiger partial charge in [0, 0.05) is 25.0 Å². The Labute approximate surface area is 114 Å². The van der Waals surface area contributed by atoms with E-state index in [0.717, 1.165) is 30.9 Å². The van der Waals surface area contributed by atoms with Crippen LogP contribution in [-0.2, 0) is 20.0 Å². The van der Waals surface area contributed by atoms with Crippen LogP contribution in [0.2, 0.25) is 0 Å². The molecule has 2 N–H and O–H groups in total. The first-order chi connectivity index (χ1) is 9.13. The molecule has 0 saturated heterocycles. The molecule has 0 fully saturated rings. The number of benzene rings is 1. The van der Waals surface area contributed by atoms with E-state index in [9.17, 15) is 0 Å². The molecule has 1 aromatic heterocycles. The van der Waals surface area contributed by atoms with Crippen LogP contribution >= 0.6 is 0 Å². The Balaban J connectivity index is 2.18. The van der Waals surface area contributed by atoms with E-state index in [1.807, 2.05) is 23.9 Å². The number of anilines is 2. The lowest BCUT2D eigenvalue weighted by Crippen LogP contribution is -2.23. The van der Waals surface area contributed by atoms with Crippen molar-refractivity contribution in [1.82, 2.24) is 9.78 Å². The molecule has 4 nitrogen and oxygen atoms in total. The number of nitrogens with two attached hydrogens (primary N) is 1. The van der Waals surface area contributed by atoms with Crippen LogP contribution in [0.4, 0.5) is 11.4 Å². The Kier molecular flexibility index (Phi) is 4.10. The van der Waals surface area contributed by atoms with E-state index in [-0.39, 0.29) is 0 Å². The first-order valence-electron chi connectivity index (χ1n) is 6.76. The van der Waals surface area contributed by atoms with E-state index < -0.39 is 0 Å². The van der Waals surface area contributed by atoms with Crippen molar-refractivity contribution < 1.29 is 0 Å². The van der Waals surface area contributed by atoms with Gasteiger partial charge in [-0.1, -0.05) is 6.92 Å². The molecule has 0 aliphatic carbocycles. The normalized spacial score (nSPS) is 10.7. The number of aryl methyl sites for hydroxylation is 2. The molecule has 1 heterocycles. The third kappa shape index (κ3) is 3.08. The summed E-state index contributed by atoms with van der Waals surface area (Å²) in [5.74, 6) is 0. The van der Waals surface area contributed by atoms with Crippen molar-refractivity contribution in [3.8, 4) is 0 Å². The molecule has 0 spiro atoms. The summed E-state index contributed by atoms with van der Waals surface area (Å²) in [5.41, 5.74) is 10.1. The predicted molar refractivity (Wildman–Crippen MR) is 80.2 cm³/mol. The summed E-state index contributed by atoms with van der Waals surface area (Å²) in [6.07, 6.45) is 0.974. The zero-order valence-corrected chi connectivity index (χ0v) is 11.9. The lowest BCUT2D eigenvalue weighted by atomic mass is 10.2. The zero-order valence-electron chi connectivity index (χ0n) is 11.9. The standard InChI is InChI=1S/C15H22N4/c1-4-13-10-15(18(3)17-13)11-19(5-2)14-8-6-12(16)7-9-14/h6-10H,4-5,11,16H2,1-3H3. The van der Waals surface area contributed by atoms with Crippen LogP contribution in [0, 0.1) is 0 Å². The lowest BCUT2D eigenvalue weighted by molar-refractivity contribution is 0.678. The molecule has 0 aliphatic rings. The zero-order chi connectivity index (χ0) is 13.8. The monoisotopic (exact) mass is 258 g/mol. The van der Waals surface area contributed by atoms with Crippen LogP contribution in [0.3, 0.4) is 0 Å². The number of rotatable bonds is 5. The molecule has 1 aromatic carbocycles. The maximum atomic E-state index is 5.73. The number of nitrogens with zero attached hydrogens (tertiary/aromatic N) is 3. The molecule has 2 aromatic rings. The van der Waals surface area contributed by atoms with Gasteiger partial charge in [0.1, 0.15) is 0 Å². The molecule has 0 unspecified atom stereocenters. The van der Waals surface area contributed by atoms with E-state index in [4.69, 9.17) is 5.73 Å². The first kappa shape index (κ1) is 13.5. The van der Waals surface area contributed by atoms with Gasteiger partial charge in [0.2, 0.25) is 0 Å². The van der Waals surface area contributed by atoms with Gasteiger partial charge in [0.25, 0.3) is 0 Å². The highest BCUT2D eigenvalue weighted by atomic mass is 15.3. The lowest BCUT2D eigenvalue weighted by Gasteiger charge is -2.23. The molecule has 19 heavy (non-hydrogen) atoms. The largest absolute Gasteiger partial charge is 0.399 e. The van der Waals surface area contributed by atoms with Crippen LogP contribution < -0.4 is 10.6 Å². The van der Waals surface area contributed by atoms with Crippen molar-refractivity contribution in [2.24, 2.45) is 7.05 Å². The van der Waals surface area contributed by atoms with Gasteiger partial charge < -0.3 is 10.6 Å². The van der Waals surface area contributed by atoms with Gasteiger partial charge in [-0.15, -0.1) is 0 Å². The Bertz CT molecular complexity index is 528. The number of nitrogen functional groups attached to an aromatic ring is 1. The van der Waals surface area contributed by atoms with Crippen molar-refractivity contribution in [2.45, 2.75) is 26.8 Å². The van der Waals surface area contributed by atoms with Crippen molar-refractivity contribution >= 4 is 11.4 Å². The highest BCUT2D eigenvalue weighted by molar-refractivity contribution is 5.53. The second-order valence-electron chi connectivity index (χ2n) is 4.71. The fourth-order valence-corrected chi connectivity index (χ4v) is 2.16. The molecule has 0 saturated carbocycles. The molecule has 0 bridgehead atoms. The summed E-state index contributed by atoms with van der Waals surface area (Å²) in [5, 5.41) is 4.49. The SMILES string of the molecule is CCc1cc(CN(CC)c2ccc(N)cc2)n(C)n1. The van der Waals surface area contributed by atoms with Crippen LogP contribution in [0.15, 0.2) is 30.3 Å². The Morgan fingerprint density at radius 1 is 1.21 bits per heavy atom. The van der Waals surface area contributed by atoms with E-state index >= 15 is 0 Å². The highest BCUT2D eigenvalue weighted by Crippen LogP contribution is 2.19. The molecule has 2 rings (SSSR count). The third-order valence-corrected chi connectivity index (χ3v) is 3.38. The minimum absolute atomic E-state index is 0.800. The highest BCUT2D eigenvalue weighted by Gasteiger charge is 2.09. The topological polar surface area (TPSA) is 47.1 Å². The van der Waals surface area contributed by atoms with Gasteiger partial charge in [0.15, 0.2) is 0 Å². The second kappa shape index (κ2) is 5.78. The second-order valence-corrected chi connectivity index (χ2v) is 4.71. The predicted octanol–water partition coefficient (Wildman–Crippen LogP) is 2.59. The van der Waals surface area contributed by atoms with Crippen LogP contribution in [0.5, 0.6) is 0 Å². The van der Waals surface area contributed by atoms with Gasteiger partial charge >= 0.3 is 0 Å². The fourth-order valence-electron chi connectivity index (χ4n) is 2.16. The Hall–Kier alpha value is -1.97. The fraction of sp³-hybridized carbons (Fsp3) is 0.400. The maximum absolute atomic E-state index is 5.73. The molecule has 102 valence electrons. The van der Waals surface area contributed by atoms with Gasteiger partial charge in [-0.05, 0) is 43.7 Å². The van der Waals surface area contributed by atoms with E-state index in [1.165, 1.54) is 11.4 Å². The summed E-state index contributed by atoms with van der Waals surface area (Å²) in [4.78, 5) is 2.32. The summed E-state index contributed by atoms with van der Waals surface area (Å²) >= 11 is 0. The van der Waals surface area contributed by atoms with Crippen LogP contribution in [0.25, 0.3) is 0 Å². The molecular weight excluding hydrogens is 236 g/mol. The average molecular weight is 258 g/mol. The molecule has 0 amide bonds. The van der Waals surface area contributed by atoms with E-state index in [1.54, 1.807) is 0 Å². The molecule has 0 aliphatic heterocycles. The summed E-state index contributed by atoms with van der Waals surface area (Å²) in [6.45, 7) is 6.11. The first-order valence-corrected chi connectivity index (χ1v) is 6.76. The Morgan fingerprint density at radius 3 is 2.42 bits per heavy atom. The van der Waals surface area contributed by atoms with Gasteiger partial charge in [-0.3, -0.25) is 4.68 Å². The molecule has 4 heteroatoms. The smallest absolute Gasteiger partial charge is 0.0625 e. The molecule has 0 atom stereocenters. The van der Waals surface area contributed by atoms with E-state index in [0.29, 0.717) is 0 Å². The van der Waals surface area contributed by atoms with Crippen molar-refractivity contribution in [2.75, 3.05) is 17.2 Å². The summed E-state index contributed by atoms with van der Waals surface area (Å²) in [6, 6.07) is 10.2. The number of hydrogen-bond acceptors (Lipinski definition) is 3. The van der Waals surface area contributed by atoms with Crippen LogP contribution in [0.1, 0.15) is 25.2 Å². The third-order valence-electron chi connectivity index (χ3n) is 3.38. The average Bonchev–Trinajstić information content (AvgIpc) is 2.78. The van der Waals surface area contributed by atoms with Crippen molar-refractivity contribution in [3.63, 3.8) is 0 Å². The maximum Gasteiger partial charge on any atom is 0.0625 e.